The second-order valence-corrected chi connectivity index (χ2v) is 10.3. The third-order valence-corrected chi connectivity index (χ3v) is 7.51. The van der Waals surface area contributed by atoms with E-state index in [0.717, 1.165) is 35.3 Å². The summed E-state index contributed by atoms with van der Waals surface area (Å²) in [4.78, 5) is 17.1. The minimum Gasteiger partial charge on any atom is -0.375 e. The van der Waals surface area contributed by atoms with Crippen LogP contribution in [0.1, 0.15) is 22.3 Å². The molecule has 2 aromatic carbocycles. The van der Waals surface area contributed by atoms with Crippen molar-refractivity contribution < 1.29 is 17.9 Å². The highest BCUT2D eigenvalue weighted by atomic mass is 32.2. The molecule has 1 fully saturated rings. The number of ether oxygens (including phenoxy) is 1. The third kappa shape index (κ3) is 5.93. The largest absolute Gasteiger partial charge is 0.375 e. The maximum atomic E-state index is 12.6. The van der Waals surface area contributed by atoms with Crippen LogP contribution in [0.3, 0.4) is 0 Å². The number of thiazole rings is 1. The Morgan fingerprint density at radius 1 is 1.27 bits per heavy atom. The van der Waals surface area contributed by atoms with Gasteiger partial charge in [-0.3, -0.25) is 10.1 Å². The zero-order chi connectivity index (χ0) is 23.3. The lowest BCUT2D eigenvalue weighted by Gasteiger charge is -2.23. The molecular formula is C22H23N5O4S2. The van der Waals surface area contributed by atoms with Crippen LogP contribution in [0.2, 0.25) is 0 Å². The highest BCUT2D eigenvalue weighted by molar-refractivity contribution is 7.89. The number of nitrogens with one attached hydrogen (secondary N) is 3. The Morgan fingerprint density at radius 3 is 2.82 bits per heavy atom. The number of nitrogens with zero attached hydrogens (tertiary/aromatic N) is 2. The van der Waals surface area contributed by atoms with E-state index in [1.807, 2.05) is 18.2 Å². The molecule has 0 bridgehead atoms. The molecular weight excluding hydrogens is 462 g/mol. The normalized spacial score (nSPS) is 16.4. The van der Waals surface area contributed by atoms with Gasteiger partial charge in [-0.05, 0) is 48.4 Å². The molecule has 1 aliphatic rings. The summed E-state index contributed by atoms with van der Waals surface area (Å²) in [5.74, 6) is -0.377. The van der Waals surface area contributed by atoms with E-state index < -0.39 is 10.0 Å². The molecule has 11 heteroatoms. The Labute approximate surface area is 195 Å². The molecule has 0 saturated carbocycles. The summed E-state index contributed by atoms with van der Waals surface area (Å²) < 4.78 is 33.5. The summed E-state index contributed by atoms with van der Waals surface area (Å²) in [5.41, 5.74) is 2.26. The number of rotatable bonds is 8. The number of nitriles is 1. The number of carbonyl (C=O) groups excluding carboxylic acids is 1. The molecule has 1 atom stereocenters. The zero-order valence-electron chi connectivity index (χ0n) is 17.7. The van der Waals surface area contributed by atoms with Crippen molar-refractivity contribution in [1.29, 1.82) is 5.26 Å². The highest BCUT2D eigenvalue weighted by Gasteiger charge is 2.17. The van der Waals surface area contributed by atoms with Crippen LogP contribution in [0, 0.1) is 11.3 Å². The summed E-state index contributed by atoms with van der Waals surface area (Å²) in [6.07, 6.45) is 1.04. The molecule has 1 aromatic heterocycles. The number of benzene rings is 2. The van der Waals surface area contributed by atoms with Crippen LogP contribution in [-0.4, -0.2) is 51.7 Å². The molecule has 1 unspecified atom stereocenters. The average molecular weight is 486 g/mol. The number of carbonyl (C=O) groups is 1. The lowest BCUT2D eigenvalue weighted by atomic mass is 10.1. The SMILES string of the molecule is N#CCCNS(=O)(=O)c1ccc(C(=O)Nc2nc3ccc(CC4CNCCO4)cc3s2)cc1. The van der Waals surface area contributed by atoms with E-state index in [4.69, 9.17) is 10.00 Å². The first-order valence-corrected chi connectivity index (χ1v) is 12.7. The summed E-state index contributed by atoms with van der Waals surface area (Å²) >= 11 is 1.38. The Morgan fingerprint density at radius 2 is 2.09 bits per heavy atom. The van der Waals surface area contributed by atoms with Crippen molar-refractivity contribution in [2.45, 2.75) is 23.8 Å². The topological polar surface area (TPSA) is 133 Å². The van der Waals surface area contributed by atoms with Gasteiger partial charge in [-0.1, -0.05) is 17.4 Å². The predicted molar refractivity (Wildman–Crippen MR) is 126 cm³/mol. The second kappa shape index (κ2) is 10.4. The van der Waals surface area contributed by atoms with Crippen LogP contribution in [0.25, 0.3) is 10.2 Å². The lowest BCUT2D eigenvalue weighted by Crippen LogP contribution is -2.39. The van der Waals surface area contributed by atoms with Gasteiger partial charge in [0.2, 0.25) is 10.0 Å². The van der Waals surface area contributed by atoms with Gasteiger partial charge in [0.05, 0.1) is 33.9 Å². The zero-order valence-corrected chi connectivity index (χ0v) is 19.3. The average Bonchev–Trinajstić information content (AvgIpc) is 3.21. The van der Waals surface area contributed by atoms with E-state index >= 15 is 0 Å². The highest BCUT2D eigenvalue weighted by Crippen LogP contribution is 2.28. The monoisotopic (exact) mass is 485 g/mol. The van der Waals surface area contributed by atoms with Crippen LogP contribution >= 0.6 is 11.3 Å². The maximum absolute atomic E-state index is 12.6. The van der Waals surface area contributed by atoms with Gasteiger partial charge < -0.3 is 10.1 Å². The lowest BCUT2D eigenvalue weighted by molar-refractivity contribution is 0.0292. The number of amides is 1. The van der Waals surface area contributed by atoms with Crippen molar-refractivity contribution in [3.8, 4) is 6.07 Å². The smallest absolute Gasteiger partial charge is 0.257 e. The standard InChI is InChI=1S/C22H23N5O4S2/c23-8-1-9-25-33(29,30)18-5-3-16(4-6-18)21(28)27-22-26-19-7-2-15(13-20(19)32-22)12-17-14-24-10-11-31-17/h2-7,13,17,24-25H,1,9-12,14H2,(H,26,27,28). The molecule has 172 valence electrons. The van der Waals surface area contributed by atoms with Crippen LogP contribution < -0.4 is 15.4 Å². The summed E-state index contributed by atoms with van der Waals surface area (Å²) in [7, 11) is -3.72. The first kappa shape index (κ1) is 23.3. The molecule has 2 heterocycles. The van der Waals surface area contributed by atoms with Crippen molar-refractivity contribution in [2.24, 2.45) is 0 Å². The molecule has 1 saturated heterocycles. The fourth-order valence-electron chi connectivity index (χ4n) is 3.44. The Bertz CT molecular complexity index is 1280. The van der Waals surface area contributed by atoms with Crippen LogP contribution in [0.5, 0.6) is 0 Å². The predicted octanol–water partition coefficient (Wildman–Crippen LogP) is 2.27. The van der Waals surface area contributed by atoms with Crippen molar-refractivity contribution in [3.05, 3.63) is 53.6 Å². The minimum absolute atomic E-state index is 0.0293. The van der Waals surface area contributed by atoms with Crippen molar-refractivity contribution >= 4 is 42.6 Å². The Hall–Kier alpha value is -2.88. The third-order valence-electron chi connectivity index (χ3n) is 5.10. The molecule has 1 amide bonds. The van der Waals surface area contributed by atoms with E-state index in [9.17, 15) is 13.2 Å². The summed E-state index contributed by atoms with van der Waals surface area (Å²) in [5, 5.41) is 15.1. The van der Waals surface area contributed by atoms with Gasteiger partial charge in [-0.15, -0.1) is 0 Å². The van der Waals surface area contributed by atoms with Gasteiger partial charge >= 0.3 is 0 Å². The molecule has 0 radical (unpaired) electrons. The Balaban J connectivity index is 1.41. The van der Waals surface area contributed by atoms with Crippen molar-refractivity contribution in [3.63, 3.8) is 0 Å². The number of hydrogen-bond donors (Lipinski definition) is 3. The molecule has 9 nitrogen and oxygen atoms in total. The second-order valence-electron chi connectivity index (χ2n) is 7.51. The van der Waals surface area contributed by atoms with E-state index in [2.05, 4.69) is 26.4 Å². The van der Waals surface area contributed by atoms with E-state index in [1.165, 1.54) is 35.6 Å². The number of hydrogen-bond acceptors (Lipinski definition) is 8. The maximum Gasteiger partial charge on any atom is 0.257 e. The van der Waals surface area contributed by atoms with Crippen LogP contribution in [-0.2, 0) is 21.2 Å². The molecule has 1 aliphatic heterocycles. The first-order chi connectivity index (χ1) is 15.9. The number of fused-ring (bicyclic) bond motifs is 1. The molecule has 3 aromatic rings. The minimum atomic E-state index is -3.72. The summed E-state index contributed by atoms with van der Waals surface area (Å²) in [6, 6.07) is 13.5. The van der Waals surface area contributed by atoms with E-state index in [0.29, 0.717) is 17.3 Å². The summed E-state index contributed by atoms with van der Waals surface area (Å²) in [6.45, 7) is 2.46. The molecule has 4 rings (SSSR count). The first-order valence-electron chi connectivity index (χ1n) is 10.4. The van der Waals surface area contributed by atoms with Crippen LogP contribution in [0.15, 0.2) is 47.4 Å². The molecule has 33 heavy (non-hydrogen) atoms. The van der Waals surface area contributed by atoms with Crippen molar-refractivity contribution in [2.75, 3.05) is 31.6 Å². The fourth-order valence-corrected chi connectivity index (χ4v) is 5.40. The number of aromatic nitrogens is 1. The number of sulfonamides is 1. The van der Waals surface area contributed by atoms with Crippen molar-refractivity contribution in [1.82, 2.24) is 15.0 Å². The van der Waals surface area contributed by atoms with Gasteiger partial charge in [0.15, 0.2) is 5.13 Å². The van der Waals surface area contributed by atoms with Gasteiger partial charge in [0, 0.05) is 31.6 Å². The van der Waals surface area contributed by atoms with E-state index in [1.54, 1.807) is 0 Å². The number of anilines is 1. The van der Waals surface area contributed by atoms with Gasteiger partial charge in [-0.25, -0.2) is 18.1 Å². The fraction of sp³-hybridized carbons (Fsp3) is 0.318. The number of morpholine rings is 1. The van der Waals surface area contributed by atoms with Gasteiger partial charge in [-0.2, -0.15) is 5.26 Å². The van der Waals surface area contributed by atoms with Gasteiger partial charge in [0.25, 0.3) is 5.91 Å². The van der Waals surface area contributed by atoms with E-state index in [-0.39, 0.29) is 29.9 Å². The molecule has 3 N–H and O–H groups in total. The Kier molecular flexibility index (Phi) is 7.32. The van der Waals surface area contributed by atoms with Gasteiger partial charge in [0.1, 0.15) is 0 Å². The van der Waals surface area contributed by atoms with Crippen LogP contribution in [0.4, 0.5) is 5.13 Å². The molecule has 0 spiro atoms. The molecule has 0 aliphatic carbocycles. The quantitative estimate of drug-likeness (QED) is 0.417.